The maximum Gasteiger partial charge on any atom is 0.278 e. The zero-order valence-corrected chi connectivity index (χ0v) is 19.4. The fourth-order valence-electron chi connectivity index (χ4n) is 3.14. The van der Waals surface area contributed by atoms with Crippen molar-refractivity contribution >= 4 is 38.8 Å². The lowest BCUT2D eigenvalue weighted by atomic mass is 10.0. The second-order valence-electron chi connectivity index (χ2n) is 6.70. The Morgan fingerprint density at radius 1 is 1.28 bits per heavy atom. The molecule has 32 heavy (non-hydrogen) atoms. The molecular weight excluding hydrogens is 476 g/mol. The Bertz CT molecular complexity index is 1220. The average Bonchev–Trinajstić information content (AvgIpc) is 2.81. The van der Waals surface area contributed by atoms with E-state index in [1.807, 2.05) is 36.4 Å². The van der Waals surface area contributed by atoms with Crippen LogP contribution in [0.5, 0.6) is 11.6 Å². The second-order valence-corrected chi connectivity index (χ2v) is 7.49. The van der Waals surface area contributed by atoms with Gasteiger partial charge in [0.15, 0.2) is 6.61 Å². The molecule has 3 rings (SSSR count). The van der Waals surface area contributed by atoms with Crippen LogP contribution in [0.2, 0.25) is 0 Å². The zero-order chi connectivity index (χ0) is 23.1. The molecule has 1 amide bonds. The molecule has 0 aliphatic carbocycles. The second kappa shape index (κ2) is 10.7. The van der Waals surface area contributed by atoms with E-state index in [-0.39, 0.29) is 24.7 Å². The molecule has 0 saturated carbocycles. The number of methoxy groups -OCH3 is 2. The van der Waals surface area contributed by atoms with Gasteiger partial charge in [-0.15, -0.1) is 0 Å². The SMILES string of the molecule is COCc1c(Br)c(C)nc(OCC(=O)NN=Cc2c(OC)ccc3ccccc23)c1C#N. The van der Waals surface area contributed by atoms with Gasteiger partial charge in [-0.05, 0) is 39.7 Å². The van der Waals surface area contributed by atoms with Crippen molar-refractivity contribution in [2.75, 3.05) is 20.8 Å². The number of fused-ring (bicyclic) bond motifs is 1. The third-order valence-electron chi connectivity index (χ3n) is 4.64. The number of pyridine rings is 1. The highest BCUT2D eigenvalue weighted by Crippen LogP contribution is 2.30. The number of rotatable bonds is 8. The van der Waals surface area contributed by atoms with Gasteiger partial charge in [-0.1, -0.05) is 30.3 Å². The first-order valence-corrected chi connectivity index (χ1v) is 10.4. The van der Waals surface area contributed by atoms with Gasteiger partial charge in [0.05, 0.1) is 25.6 Å². The van der Waals surface area contributed by atoms with E-state index < -0.39 is 5.91 Å². The normalized spacial score (nSPS) is 10.8. The molecule has 0 spiro atoms. The number of nitrogens with one attached hydrogen (secondary N) is 1. The predicted molar refractivity (Wildman–Crippen MR) is 124 cm³/mol. The van der Waals surface area contributed by atoms with Crippen molar-refractivity contribution in [3.05, 3.63) is 63.3 Å². The van der Waals surface area contributed by atoms with Crippen molar-refractivity contribution in [2.45, 2.75) is 13.5 Å². The summed E-state index contributed by atoms with van der Waals surface area (Å²) in [5, 5.41) is 15.5. The summed E-state index contributed by atoms with van der Waals surface area (Å²) >= 11 is 3.41. The Morgan fingerprint density at radius 2 is 2.06 bits per heavy atom. The molecule has 0 aliphatic rings. The number of carbonyl (C=O) groups excluding carboxylic acids is 1. The predicted octanol–water partition coefficient (Wildman–Crippen LogP) is 3.86. The molecule has 1 N–H and O–H groups in total. The molecule has 0 atom stereocenters. The smallest absolute Gasteiger partial charge is 0.278 e. The van der Waals surface area contributed by atoms with Crippen LogP contribution in [-0.4, -0.2) is 37.9 Å². The molecular formula is C23H21BrN4O4. The fraction of sp³-hybridized carbons (Fsp3) is 0.217. The van der Waals surface area contributed by atoms with E-state index in [1.165, 1.54) is 13.3 Å². The first-order chi connectivity index (χ1) is 15.5. The summed E-state index contributed by atoms with van der Waals surface area (Å²) in [6.07, 6.45) is 1.53. The van der Waals surface area contributed by atoms with Crippen molar-refractivity contribution in [3.8, 4) is 17.7 Å². The van der Waals surface area contributed by atoms with Gasteiger partial charge in [0.1, 0.15) is 17.4 Å². The minimum Gasteiger partial charge on any atom is -0.496 e. The molecule has 1 heterocycles. The number of hydrogen-bond donors (Lipinski definition) is 1. The number of hydrogen-bond acceptors (Lipinski definition) is 7. The molecule has 3 aromatic rings. The quantitative estimate of drug-likeness (QED) is 0.374. The summed E-state index contributed by atoms with van der Waals surface area (Å²) in [6, 6.07) is 13.7. The van der Waals surface area contributed by atoms with Crippen LogP contribution in [0.3, 0.4) is 0 Å². The number of nitriles is 1. The third kappa shape index (κ3) is 5.04. The molecule has 0 fully saturated rings. The van der Waals surface area contributed by atoms with E-state index in [0.717, 1.165) is 16.3 Å². The lowest BCUT2D eigenvalue weighted by Gasteiger charge is -2.13. The highest BCUT2D eigenvalue weighted by molar-refractivity contribution is 9.10. The number of halogens is 1. The van der Waals surface area contributed by atoms with E-state index >= 15 is 0 Å². The van der Waals surface area contributed by atoms with Crippen LogP contribution in [0, 0.1) is 18.3 Å². The molecule has 9 heteroatoms. The van der Waals surface area contributed by atoms with Crippen LogP contribution in [-0.2, 0) is 16.1 Å². The molecule has 164 valence electrons. The van der Waals surface area contributed by atoms with Crippen molar-refractivity contribution in [2.24, 2.45) is 5.10 Å². The van der Waals surface area contributed by atoms with Crippen molar-refractivity contribution in [3.63, 3.8) is 0 Å². The largest absolute Gasteiger partial charge is 0.496 e. The van der Waals surface area contributed by atoms with Gasteiger partial charge in [-0.25, -0.2) is 10.4 Å². The number of ether oxygens (including phenoxy) is 3. The van der Waals surface area contributed by atoms with Gasteiger partial charge in [0.2, 0.25) is 5.88 Å². The lowest BCUT2D eigenvalue weighted by molar-refractivity contribution is -0.123. The Hall–Kier alpha value is -3.48. The molecule has 2 aromatic carbocycles. The average molecular weight is 497 g/mol. The third-order valence-corrected chi connectivity index (χ3v) is 5.69. The number of nitrogens with zero attached hydrogens (tertiary/aromatic N) is 3. The Balaban J connectivity index is 1.73. The number of aromatic nitrogens is 1. The van der Waals surface area contributed by atoms with Gasteiger partial charge in [-0.3, -0.25) is 4.79 Å². The van der Waals surface area contributed by atoms with Gasteiger partial charge < -0.3 is 14.2 Å². The molecule has 0 unspecified atom stereocenters. The fourth-order valence-corrected chi connectivity index (χ4v) is 3.54. The van der Waals surface area contributed by atoms with E-state index in [4.69, 9.17) is 14.2 Å². The van der Waals surface area contributed by atoms with Crippen LogP contribution in [0.1, 0.15) is 22.4 Å². The molecule has 0 saturated heterocycles. The molecule has 0 bridgehead atoms. The molecule has 0 aliphatic heterocycles. The zero-order valence-electron chi connectivity index (χ0n) is 17.8. The molecule has 0 radical (unpaired) electrons. The van der Waals surface area contributed by atoms with Gasteiger partial charge in [0.25, 0.3) is 5.91 Å². The van der Waals surface area contributed by atoms with Gasteiger partial charge >= 0.3 is 0 Å². The van der Waals surface area contributed by atoms with E-state index in [0.29, 0.717) is 21.5 Å². The highest BCUT2D eigenvalue weighted by Gasteiger charge is 2.18. The first-order valence-electron chi connectivity index (χ1n) is 9.58. The van der Waals surface area contributed by atoms with Gasteiger partial charge in [-0.2, -0.15) is 10.4 Å². The Kier molecular flexibility index (Phi) is 7.76. The van der Waals surface area contributed by atoms with Gasteiger partial charge in [0, 0.05) is 22.7 Å². The van der Waals surface area contributed by atoms with Crippen molar-refractivity contribution in [1.29, 1.82) is 5.26 Å². The number of hydrazone groups is 1. The molecule has 1 aromatic heterocycles. The summed E-state index contributed by atoms with van der Waals surface area (Å²) < 4.78 is 16.7. The van der Waals surface area contributed by atoms with Crippen molar-refractivity contribution in [1.82, 2.24) is 10.4 Å². The number of aryl methyl sites for hydroxylation is 1. The topological polar surface area (TPSA) is 106 Å². The summed E-state index contributed by atoms with van der Waals surface area (Å²) in [5.41, 5.74) is 4.61. The van der Waals surface area contributed by atoms with Crippen LogP contribution in [0.15, 0.2) is 46.0 Å². The summed E-state index contributed by atoms with van der Waals surface area (Å²) in [7, 11) is 3.10. The number of amides is 1. The van der Waals surface area contributed by atoms with Crippen LogP contribution < -0.4 is 14.9 Å². The lowest BCUT2D eigenvalue weighted by Crippen LogP contribution is -2.25. The van der Waals surface area contributed by atoms with E-state index in [2.05, 4.69) is 37.5 Å². The maximum atomic E-state index is 12.3. The summed E-state index contributed by atoms with van der Waals surface area (Å²) in [4.78, 5) is 16.5. The summed E-state index contributed by atoms with van der Waals surface area (Å²) in [6.45, 7) is 1.60. The molecule has 8 nitrogen and oxygen atoms in total. The van der Waals surface area contributed by atoms with Crippen molar-refractivity contribution < 1.29 is 19.0 Å². The summed E-state index contributed by atoms with van der Waals surface area (Å²) in [5.74, 6) is 0.201. The standard InChI is InChI=1S/C23H21BrN4O4/c1-14-22(24)19(12-30-2)17(10-25)23(27-14)32-13-21(29)28-26-11-18-16-7-5-4-6-15(16)8-9-20(18)31-3/h4-9,11H,12-13H2,1-3H3,(H,28,29). The van der Waals surface area contributed by atoms with E-state index in [1.54, 1.807) is 14.0 Å². The monoisotopic (exact) mass is 496 g/mol. The highest BCUT2D eigenvalue weighted by atomic mass is 79.9. The maximum absolute atomic E-state index is 12.3. The van der Waals surface area contributed by atoms with Crippen LogP contribution in [0.25, 0.3) is 10.8 Å². The minimum absolute atomic E-state index is 0.0649. The number of benzene rings is 2. The first kappa shape index (κ1) is 23.2. The van der Waals surface area contributed by atoms with Crippen LogP contribution >= 0.6 is 15.9 Å². The Labute approximate surface area is 193 Å². The van der Waals surface area contributed by atoms with Crippen LogP contribution in [0.4, 0.5) is 0 Å². The Morgan fingerprint density at radius 3 is 2.78 bits per heavy atom. The minimum atomic E-state index is -0.500. The number of carbonyl (C=O) groups is 1. The van der Waals surface area contributed by atoms with E-state index in [9.17, 15) is 10.1 Å².